The average Bonchev–Trinajstić information content (AvgIpc) is 3.32. The summed E-state index contributed by atoms with van der Waals surface area (Å²) in [7, 11) is 17.8. The average molecular weight is 1040 g/mol. The minimum Gasteiger partial charge on any atom is -0.316 e. The van der Waals surface area contributed by atoms with Crippen LogP contribution < -0.4 is 21.9 Å². The van der Waals surface area contributed by atoms with Gasteiger partial charge >= 0.3 is 43.0 Å². The zero-order chi connectivity index (χ0) is 45.4. The molecular weight excluding hydrogens is 977 g/mol. The van der Waals surface area contributed by atoms with Crippen LogP contribution in [0.1, 0.15) is 0 Å². The third-order valence-electron chi connectivity index (χ3n) is 7.43. The standard InChI is InChI=1S/C24H20B.5C3H9O3P.Rh/c1-5-13-21(14-6-1)25(22-15-7-2-8-16-22,23-17-9-3-10-18-23)24-19-11-4-12-20-24;5*1-4-7(5-2)6-3;/h1-20H;5*1-3H3;/q-1;;;;;;. The van der Waals surface area contributed by atoms with Crippen LogP contribution in [0.3, 0.4) is 0 Å². The molecule has 0 atom stereocenters. The van der Waals surface area contributed by atoms with Crippen molar-refractivity contribution in [3.05, 3.63) is 121 Å². The fourth-order valence-corrected chi connectivity index (χ4v) is 7.48. The Bertz CT molecular complexity index is 1200. The second kappa shape index (κ2) is 44.3. The molecule has 0 amide bonds. The van der Waals surface area contributed by atoms with Crippen LogP contribution in [-0.4, -0.2) is 113 Å². The van der Waals surface area contributed by atoms with Crippen molar-refractivity contribution in [1.82, 2.24) is 0 Å². The zero-order valence-corrected chi connectivity index (χ0v) is 43.9. The maximum absolute atomic E-state index is 4.67. The first-order chi connectivity index (χ1) is 29.2. The van der Waals surface area contributed by atoms with Crippen molar-refractivity contribution < 1.29 is 87.3 Å². The minimum atomic E-state index is -1.22. The third-order valence-corrected chi connectivity index (χ3v) is 11.9. The van der Waals surface area contributed by atoms with Crippen LogP contribution in [0.4, 0.5) is 0 Å². The third kappa shape index (κ3) is 26.6. The molecule has 0 bridgehead atoms. The van der Waals surface area contributed by atoms with E-state index >= 15 is 0 Å². The molecule has 0 fully saturated rings. The number of rotatable bonds is 19. The smallest absolute Gasteiger partial charge is 0.316 e. The molecule has 61 heavy (non-hydrogen) atoms. The van der Waals surface area contributed by atoms with Crippen molar-refractivity contribution in [2.75, 3.05) is 107 Å². The van der Waals surface area contributed by atoms with Gasteiger partial charge < -0.3 is 67.9 Å². The molecule has 15 nitrogen and oxygen atoms in total. The predicted molar refractivity (Wildman–Crippen MR) is 250 cm³/mol. The van der Waals surface area contributed by atoms with Crippen molar-refractivity contribution in [3.63, 3.8) is 0 Å². The Hall–Kier alpha value is -0.882. The monoisotopic (exact) mass is 1040 g/mol. The van der Waals surface area contributed by atoms with Crippen LogP contribution in [0.5, 0.6) is 0 Å². The van der Waals surface area contributed by atoms with Crippen LogP contribution in [0.2, 0.25) is 0 Å². The number of hydrogen-bond donors (Lipinski definition) is 0. The summed E-state index contributed by atoms with van der Waals surface area (Å²) in [6.45, 7) is 0. The van der Waals surface area contributed by atoms with Gasteiger partial charge in [-0.1, -0.05) is 121 Å². The van der Waals surface area contributed by atoms with Crippen LogP contribution in [0.25, 0.3) is 0 Å². The van der Waals surface area contributed by atoms with E-state index in [1.807, 2.05) is 0 Å². The van der Waals surface area contributed by atoms with E-state index in [0.717, 1.165) is 0 Å². The van der Waals surface area contributed by atoms with Crippen molar-refractivity contribution in [2.45, 2.75) is 0 Å². The van der Waals surface area contributed by atoms with E-state index in [9.17, 15) is 0 Å². The molecule has 0 aliphatic carbocycles. The van der Waals surface area contributed by atoms with Gasteiger partial charge in [0.25, 0.3) is 0 Å². The van der Waals surface area contributed by atoms with Gasteiger partial charge in [0.1, 0.15) is 6.15 Å². The van der Waals surface area contributed by atoms with Gasteiger partial charge in [-0.05, 0) is 0 Å². The van der Waals surface area contributed by atoms with E-state index in [-0.39, 0.29) is 19.5 Å². The zero-order valence-electron chi connectivity index (χ0n) is 37.8. The van der Waals surface area contributed by atoms with Gasteiger partial charge in [-0.3, -0.25) is 0 Å². The Morgan fingerprint density at radius 1 is 0.230 bits per heavy atom. The van der Waals surface area contributed by atoms with Crippen molar-refractivity contribution in [2.24, 2.45) is 0 Å². The van der Waals surface area contributed by atoms with E-state index in [1.54, 1.807) is 107 Å². The summed E-state index contributed by atoms with van der Waals surface area (Å²) in [5, 5.41) is 0. The maximum Gasteiger partial charge on any atom is 0.331 e. The molecule has 4 aromatic rings. The molecule has 0 heterocycles. The SMILES string of the molecule is COP(OC)OC.COP(OC)OC.COP(OC)OC.COP(OC)OC.COP(OC)OC.[Rh].c1ccc([B-](c2ccccc2)(c2ccccc2)c2ccccc2)cc1. The first kappa shape index (κ1) is 64.4. The van der Waals surface area contributed by atoms with E-state index < -0.39 is 49.2 Å². The van der Waals surface area contributed by atoms with Crippen LogP contribution in [0.15, 0.2) is 121 Å². The van der Waals surface area contributed by atoms with Gasteiger partial charge in [0.15, 0.2) is 0 Å². The summed E-state index contributed by atoms with van der Waals surface area (Å²) >= 11 is 0. The summed E-state index contributed by atoms with van der Waals surface area (Å²) in [4.78, 5) is 0. The number of hydrogen-bond acceptors (Lipinski definition) is 15. The van der Waals surface area contributed by atoms with Gasteiger partial charge in [0.2, 0.25) is 0 Å². The molecule has 0 N–H and O–H groups in total. The molecule has 0 aromatic heterocycles. The summed E-state index contributed by atoms with van der Waals surface area (Å²) in [5.74, 6) is 0. The Balaban J connectivity index is -0.000000773. The summed E-state index contributed by atoms with van der Waals surface area (Å²) in [5.41, 5.74) is 5.36. The molecule has 0 aliphatic heterocycles. The molecule has 0 aliphatic rings. The fraction of sp³-hybridized carbons (Fsp3) is 0.385. The second-order valence-electron chi connectivity index (χ2n) is 10.4. The summed E-state index contributed by atoms with van der Waals surface area (Å²) in [6, 6.07) is 43.5. The van der Waals surface area contributed by atoms with Gasteiger partial charge in [0, 0.05) is 126 Å². The molecule has 4 rings (SSSR count). The Labute approximate surface area is 384 Å². The quantitative estimate of drug-likeness (QED) is 0.0653. The Morgan fingerprint density at radius 3 is 0.426 bits per heavy atom. The molecule has 0 saturated heterocycles. The van der Waals surface area contributed by atoms with Crippen LogP contribution >= 0.6 is 43.0 Å². The molecule has 22 heteroatoms. The van der Waals surface area contributed by atoms with E-state index in [4.69, 9.17) is 0 Å². The largest absolute Gasteiger partial charge is 0.331 e. The van der Waals surface area contributed by atoms with Gasteiger partial charge in [-0.25, -0.2) is 0 Å². The molecule has 1 radical (unpaired) electrons. The van der Waals surface area contributed by atoms with Crippen LogP contribution in [0, 0.1) is 0 Å². The Morgan fingerprint density at radius 2 is 0.344 bits per heavy atom. The van der Waals surface area contributed by atoms with E-state index in [1.165, 1.54) is 21.9 Å². The van der Waals surface area contributed by atoms with Gasteiger partial charge in [-0.15, -0.1) is 0 Å². The topological polar surface area (TPSA) is 138 Å². The predicted octanol–water partition coefficient (Wildman–Crippen LogP) is 8.82. The summed E-state index contributed by atoms with van der Waals surface area (Å²) < 4.78 is 70.0. The number of benzene rings is 4. The van der Waals surface area contributed by atoms with Crippen molar-refractivity contribution >= 4 is 71.0 Å². The normalized spacial score (nSPS) is 10.5. The molecular formula is C39H65BO15P5Rh-. The molecule has 0 unspecified atom stereocenters. The van der Waals surface area contributed by atoms with Crippen molar-refractivity contribution in [3.8, 4) is 0 Å². The van der Waals surface area contributed by atoms with E-state index in [0.29, 0.717) is 0 Å². The Kier molecular flexibility index (Phi) is 46.8. The molecule has 4 aromatic carbocycles. The first-order valence-electron chi connectivity index (χ1n) is 17.7. The molecule has 349 valence electrons. The van der Waals surface area contributed by atoms with Gasteiger partial charge in [0.05, 0.1) is 0 Å². The minimum absolute atomic E-state index is 0. The maximum atomic E-state index is 4.67. The first-order valence-corrected chi connectivity index (χ1v) is 23.1. The molecule has 0 saturated carbocycles. The van der Waals surface area contributed by atoms with Crippen LogP contribution in [-0.2, 0) is 87.3 Å². The van der Waals surface area contributed by atoms with E-state index in [2.05, 4.69) is 189 Å². The summed E-state index contributed by atoms with van der Waals surface area (Å²) in [6.07, 6.45) is -1.22. The second-order valence-corrected chi connectivity index (χ2v) is 18.1. The fourth-order valence-electron chi connectivity index (χ4n) is 5.24. The molecule has 0 spiro atoms. The van der Waals surface area contributed by atoms with Gasteiger partial charge in [-0.2, -0.15) is 21.9 Å². The van der Waals surface area contributed by atoms with Crippen molar-refractivity contribution in [1.29, 1.82) is 0 Å².